The molecule has 0 spiro atoms. The maximum absolute atomic E-state index is 10.7. The molecule has 0 saturated heterocycles. The Morgan fingerprint density at radius 3 is 0.975 bits per heavy atom. The van der Waals surface area contributed by atoms with Crippen LogP contribution in [0.15, 0.2) is 24.8 Å². The molecule has 4 nitrogen and oxygen atoms in total. The fourth-order valence-corrected chi connectivity index (χ4v) is 3.48. The van der Waals surface area contributed by atoms with Crippen molar-refractivity contribution in [2.24, 2.45) is 0 Å². The molecule has 0 atom stereocenters. The van der Waals surface area contributed by atoms with Crippen molar-refractivity contribution in [3.63, 3.8) is 0 Å². The topological polar surface area (TPSA) is 17.6 Å². The van der Waals surface area contributed by atoms with Crippen LogP contribution < -0.4 is 9.13 Å². The Labute approximate surface area is 226 Å². The number of aromatic nitrogens is 4. The molecule has 0 fully saturated rings. The van der Waals surface area contributed by atoms with E-state index in [1.54, 1.807) is 0 Å². The van der Waals surface area contributed by atoms with Gasteiger partial charge in [0, 0.05) is 0 Å². The first-order valence-corrected chi connectivity index (χ1v) is 17.0. The quantitative estimate of drug-likeness (QED) is 0.117. The minimum absolute atomic E-state index is 1.11. The fourth-order valence-electron chi connectivity index (χ4n) is 3.48. The van der Waals surface area contributed by atoms with Gasteiger partial charge in [-0.15, -0.1) is 0 Å². The molecule has 0 amide bonds. The van der Waals surface area contributed by atoms with Crippen LogP contribution in [0.3, 0.4) is 0 Å². The van der Waals surface area contributed by atoms with Gasteiger partial charge in [0.05, 0.1) is 26.2 Å². The third-order valence-electron chi connectivity index (χ3n) is 5.15. The minimum atomic E-state index is -10.7. The summed E-state index contributed by atoms with van der Waals surface area (Å²) in [6.45, 7) is 13.5. The standard InChI is InChI=1S/C22H40N4.2F6P/c1-5-9-13-23-17-18-24(14-10-6-2)21(23)22-25(15-11-7-3)19-20-26(22)16-12-8-4;2*1-7(2,3,4,5)6/h17-20H,5-16H2,1-4H3;;/q+2;2*-1. The number of hydrogen-bond donors (Lipinski definition) is 0. The summed E-state index contributed by atoms with van der Waals surface area (Å²) < 4.78 is 128. The van der Waals surface area contributed by atoms with Crippen molar-refractivity contribution in [2.75, 3.05) is 0 Å². The van der Waals surface area contributed by atoms with Crippen LogP contribution in [0.2, 0.25) is 0 Å². The summed E-state index contributed by atoms with van der Waals surface area (Å²) in [6.07, 6.45) is 19.1. The van der Waals surface area contributed by atoms with Gasteiger partial charge in [0.2, 0.25) is 0 Å². The van der Waals surface area contributed by atoms with Gasteiger partial charge in [-0.2, -0.15) is 0 Å². The number of rotatable bonds is 13. The molecule has 0 aliphatic carbocycles. The molecule has 0 bridgehead atoms. The molecule has 0 radical (unpaired) electrons. The van der Waals surface area contributed by atoms with Gasteiger partial charge in [0.1, 0.15) is 24.8 Å². The summed E-state index contributed by atoms with van der Waals surface area (Å²) >= 11 is 0. The summed E-state index contributed by atoms with van der Waals surface area (Å²) in [4.78, 5) is 0. The third kappa shape index (κ3) is 23.2. The monoisotopic (exact) mass is 650 g/mol. The van der Waals surface area contributed by atoms with E-state index in [9.17, 15) is 50.4 Å². The normalized spacial score (nSPS) is 15.5. The molecular weight excluding hydrogens is 610 g/mol. The van der Waals surface area contributed by atoms with E-state index < -0.39 is 15.6 Å². The van der Waals surface area contributed by atoms with Crippen molar-refractivity contribution in [3.8, 4) is 11.6 Å². The van der Waals surface area contributed by atoms with Gasteiger partial charge in [0.25, 0.3) is 0 Å². The summed E-state index contributed by atoms with van der Waals surface area (Å²) in [6, 6.07) is 0. The second kappa shape index (κ2) is 12.8. The number of halogens is 12. The van der Waals surface area contributed by atoms with Gasteiger partial charge in [-0.25, -0.2) is 18.3 Å². The van der Waals surface area contributed by atoms with Crippen LogP contribution in [-0.2, 0) is 26.2 Å². The van der Waals surface area contributed by atoms with Crippen LogP contribution in [0, 0.1) is 0 Å². The van der Waals surface area contributed by atoms with E-state index in [1.165, 1.54) is 63.0 Å². The number of aryl methyl sites for hydroxylation is 4. The molecule has 242 valence electrons. The number of nitrogens with zero attached hydrogens (tertiary/aromatic N) is 4. The number of hydrogen-bond acceptors (Lipinski definition) is 0. The third-order valence-corrected chi connectivity index (χ3v) is 5.15. The fraction of sp³-hybridized carbons (Fsp3) is 0.727. The van der Waals surface area contributed by atoms with Crippen molar-refractivity contribution < 1.29 is 59.5 Å². The molecule has 0 aliphatic heterocycles. The molecule has 0 unspecified atom stereocenters. The summed E-state index contributed by atoms with van der Waals surface area (Å²) in [5, 5.41) is 0. The van der Waals surface area contributed by atoms with Gasteiger partial charge in [-0.3, -0.25) is 0 Å². The molecule has 0 saturated carbocycles. The van der Waals surface area contributed by atoms with E-state index >= 15 is 0 Å². The zero-order valence-electron chi connectivity index (χ0n) is 23.0. The molecule has 2 rings (SSSR count). The Bertz CT molecular complexity index is 885. The van der Waals surface area contributed by atoms with Gasteiger partial charge in [0.15, 0.2) is 0 Å². The van der Waals surface area contributed by atoms with Gasteiger partial charge < -0.3 is 0 Å². The van der Waals surface area contributed by atoms with Crippen molar-refractivity contribution in [3.05, 3.63) is 24.8 Å². The second-order valence-corrected chi connectivity index (χ2v) is 13.2. The first-order chi connectivity index (χ1) is 17.7. The Morgan fingerprint density at radius 2 is 0.750 bits per heavy atom. The van der Waals surface area contributed by atoms with Crippen LogP contribution in [0.1, 0.15) is 79.1 Å². The number of unbranched alkanes of at least 4 members (excludes halogenated alkanes) is 4. The van der Waals surface area contributed by atoms with E-state index in [2.05, 4.69) is 70.8 Å². The first kappa shape index (κ1) is 38.4. The summed E-state index contributed by atoms with van der Waals surface area (Å²) in [7, 11) is -21.3. The molecule has 2 aromatic rings. The molecule has 40 heavy (non-hydrogen) atoms. The Balaban J connectivity index is 0.000000894. The van der Waals surface area contributed by atoms with Crippen LogP contribution in [0.4, 0.5) is 50.4 Å². The van der Waals surface area contributed by atoms with Crippen molar-refractivity contribution >= 4 is 15.6 Å². The van der Waals surface area contributed by atoms with E-state index in [0.717, 1.165) is 26.2 Å². The van der Waals surface area contributed by atoms with Crippen molar-refractivity contribution in [2.45, 2.75) is 105 Å². The number of imidazole rings is 2. The zero-order valence-corrected chi connectivity index (χ0v) is 24.8. The van der Waals surface area contributed by atoms with Gasteiger partial charge in [-0.05, 0) is 25.7 Å². The first-order valence-electron chi connectivity index (χ1n) is 13.0. The maximum atomic E-state index is 9.87. The predicted octanol–water partition coefficient (Wildman–Crippen LogP) is 11.5. The van der Waals surface area contributed by atoms with Gasteiger partial charge in [-0.1, -0.05) is 53.4 Å². The Kier molecular flexibility index (Phi) is 12.3. The molecule has 2 aromatic heterocycles. The average Bonchev–Trinajstić information content (AvgIpc) is 3.31. The van der Waals surface area contributed by atoms with Gasteiger partial charge >= 0.3 is 77.6 Å². The van der Waals surface area contributed by atoms with Crippen molar-refractivity contribution in [1.82, 2.24) is 9.13 Å². The van der Waals surface area contributed by atoms with E-state index in [1.807, 2.05) is 0 Å². The average molecular weight is 651 g/mol. The SMILES string of the molecule is CCCCn1cc[n+](CCCC)c1-c1n(CCCC)cc[n+]1CCCC.F[P-](F)(F)(F)(F)F.F[P-](F)(F)(F)(F)F. The summed E-state index contributed by atoms with van der Waals surface area (Å²) in [5.74, 6) is 2.79. The molecule has 2 heterocycles. The van der Waals surface area contributed by atoms with E-state index in [4.69, 9.17) is 0 Å². The second-order valence-electron chi connectivity index (χ2n) is 9.35. The van der Waals surface area contributed by atoms with E-state index in [-0.39, 0.29) is 0 Å². The van der Waals surface area contributed by atoms with E-state index in [0.29, 0.717) is 0 Å². The molecule has 0 aliphatic rings. The zero-order chi connectivity index (χ0) is 31.6. The molecule has 18 heteroatoms. The predicted molar refractivity (Wildman–Crippen MR) is 135 cm³/mol. The molecular formula is C22H40F12N4P2. The van der Waals surface area contributed by atoms with Crippen LogP contribution in [0.25, 0.3) is 11.6 Å². The Hall–Kier alpha value is -1.56. The molecule has 0 aromatic carbocycles. The van der Waals surface area contributed by atoms with Crippen LogP contribution >= 0.6 is 15.6 Å². The Morgan fingerprint density at radius 1 is 0.500 bits per heavy atom. The van der Waals surface area contributed by atoms with Crippen LogP contribution in [-0.4, -0.2) is 9.13 Å². The summed E-state index contributed by atoms with van der Waals surface area (Å²) in [5.41, 5.74) is 0. The van der Waals surface area contributed by atoms with Crippen LogP contribution in [0.5, 0.6) is 0 Å². The molecule has 0 N–H and O–H groups in total. The van der Waals surface area contributed by atoms with Crippen molar-refractivity contribution in [1.29, 1.82) is 0 Å².